The molecule has 1 saturated heterocycles. The third kappa shape index (κ3) is 4.41. The van der Waals surface area contributed by atoms with Gasteiger partial charge in [0.15, 0.2) is 0 Å². The smallest absolute Gasteiger partial charge is 0.333 e. The molecule has 1 aliphatic rings. The summed E-state index contributed by atoms with van der Waals surface area (Å²) < 4.78 is 10.9. The van der Waals surface area contributed by atoms with Crippen LogP contribution in [0.15, 0.2) is 36.4 Å². The zero-order chi connectivity index (χ0) is 14.4. The number of hydrogen-bond donors (Lipinski definition) is 0. The molecule has 3 nitrogen and oxygen atoms in total. The molecule has 108 valence electrons. The van der Waals surface area contributed by atoms with Gasteiger partial charge in [0.1, 0.15) is 11.9 Å². The largest absolute Gasteiger partial charge is 0.494 e. The maximum absolute atomic E-state index is 11.2. The Morgan fingerprint density at radius 3 is 2.65 bits per heavy atom. The molecule has 0 aromatic heterocycles. The highest BCUT2D eigenvalue weighted by molar-refractivity contribution is 5.89. The van der Waals surface area contributed by atoms with Crippen LogP contribution in [0.5, 0.6) is 5.75 Å². The Balaban J connectivity index is 1.53. The van der Waals surface area contributed by atoms with E-state index in [2.05, 4.69) is 25.6 Å². The van der Waals surface area contributed by atoms with E-state index in [9.17, 15) is 4.79 Å². The fourth-order valence-corrected chi connectivity index (χ4v) is 2.27. The number of aryl methyl sites for hydroxylation is 1. The van der Waals surface area contributed by atoms with Gasteiger partial charge < -0.3 is 9.47 Å². The van der Waals surface area contributed by atoms with Crippen LogP contribution in [0.2, 0.25) is 0 Å². The Kier molecular flexibility index (Phi) is 5.22. The number of carbonyl (C=O) groups is 1. The molecule has 0 radical (unpaired) electrons. The van der Waals surface area contributed by atoms with Crippen molar-refractivity contribution in [3.8, 4) is 5.75 Å². The molecule has 1 heterocycles. The fraction of sp³-hybridized carbons (Fsp3) is 0.471. The first-order chi connectivity index (χ1) is 9.65. The van der Waals surface area contributed by atoms with E-state index in [0.717, 1.165) is 38.0 Å². The van der Waals surface area contributed by atoms with Crippen LogP contribution in [-0.4, -0.2) is 18.7 Å². The number of benzene rings is 1. The lowest BCUT2D eigenvalue weighted by atomic mass is 10.1. The van der Waals surface area contributed by atoms with Crippen molar-refractivity contribution in [3.63, 3.8) is 0 Å². The van der Waals surface area contributed by atoms with Crippen molar-refractivity contribution in [2.45, 2.75) is 45.1 Å². The van der Waals surface area contributed by atoms with Crippen LogP contribution in [0.3, 0.4) is 0 Å². The van der Waals surface area contributed by atoms with E-state index < -0.39 is 0 Å². The first kappa shape index (κ1) is 14.6. The Labute approximate surface area is 120 Å². The molecule has 2 rings (SSSR count). The van der Waals surface area contributed by atoms with Gasteiger partial charge in [0.2, 0.25) is 0 Å². The fourth-order valence-electron chi connectivity index (χ4n) is 2.27. The van der Waals surface area contributed by atoms with E-state index >= 15 is 0 Å². The number of rotatable bonds is 7. The van der Waals surface area contributed by atoms with Gasteiger partial charge >= 0.3 is 5.97 Å². The SMILES string of the molecule is C=C1CC(CCCCCOc2ccc(C)cc2)OC1=O. The molecule has 0 spiro atoms. The molecule has 20 heavy (non-hydrogen) atoms. The summed E-state index contributed by atoms with van der Waals surface area (Å²) in [5.74, 6) is 0.703. The van der Waals surface area contributed by atoms with Crippen molar-refractivity contribution in [2.24, 2.45) is 0 Å². The molecule has 1 aromatic rings. The maximum Gasteiger partial charge on any atom is 0.333 e. The predicted molar refractivity (Wildman–Crippen MR) is 78.8 cm³/mol. The van der Waals surface area contributed by atoms with Gasteiger partial charge in [0.25, 0.3) is 0 Å². The van der Waals surface area contributed by atoms with Gasteiger partial charge in [-0.15, -0.1) is 0 Å². The highest BCUT2D eigenvalue weighted by Gasteiger charge is 2.26. The lowest BCUT2D eigenvalue weighted by molar-refractivity contribution is -0.139. The van der Waals surface area contributed by atoms with Crippen molar-refractivity contribution in [1.82, 2.24) is 0 Å². The van der Waals surface area contributed by atoms with Gasteiger partial charge in [-0.3, -0.25) is 0 Å². The normalized spacial score (nSPS) is 18.1. The Hall–Kier alpha value is -1.77. The molecular formula is C17H22O3. The quantitative estimate of drug-likeness (QED) is 0.431. The summed E-state index contributed by atoms with van der Waals surface area (Å²) in [6.45, 7) is 6.49. The van der Waals surface area contributed by atoms with E-state index in [4.69, 9.17) is 9.47 Å². The lowest BCUT2D eigenvalue weighted by Gasteiger charge is -2.09. The topological polar surface area (TPSA) is 35.5 Å². The van der Waals surface area contributed by atoms with Crippen molar-refractivity contribution >= 4 is 5.97 Å². The zero-order valence-electron chi connectivity index (χ0n) is 12.1. The van der Waals surface area contributed by atoms with Crippen LogP contribution in [0, 0.1) is 6.92 Å². The number of hydrogen-bond acceptors (Lipinski definition) is 3. The Morgan fingerprint density at radius 2 is 2.00 bits per heavy atom. The second-order valence-corrected chi connectivity index (χ2v) is 5.35. The molecule has 3 heteroatoms. The zero-order valence-corrected chi connectivity index (χ0v) is 12.1. The second kappa shape index (κ2) is 7.13. The van der Waals surface area contributed by atoms with E-state index in [1.54, 1.807) is 0 Å². The molecule has 0 N–H and O–H groups in total. The molecule has 0 bridgehead atoms. The van der Waals surface area contributed by atoms with Gasteiger partial charge in [-0.1, -0.05) is 24.3 Å². The molecule has 1 unspecified atom stereocenters. The summed E-state index contributed by atoms with van der Waals surface area (Å²) in [6, 6.07) is 8.10. The highest BCUT2D eigenvalue weighted by atomic mass is 16.5. The third-order valence-electron chi connectivity index (χ3n) is 3.50. The summed E-state index contributed by atoms with van der Waals surface area (Å²) in [5, 5.41) is 0. The summed E-state index contributed by atoms with van der Waals surface area (Å²) in [5.41, 5.74) is 1.85. The average Bonchev–Trinajstić information content (AvgIpc) is 2.75. The van der Waals surface area contributed by atoms with Gasteiger partial charge in [-0.25, -0.2) is 4.79 Å². The van der Waals surface area contributed by atoms with Crippen LogP contribution < -0.4 is 4.74 Å². The van der Waals surface area contributed by atoms with Crippen LogP contribution in [0.25, 0.3) is 0 Å². The first-order valence-corrected chi connectivity index (χ1v) is 7.23. The number of unbranched alkanes of at least 4 members (excludes halogenated alkanes) is 2. The molecule has 0 aliphatic carbocycles. The highest BCUT2D eigenvalue weighted by Crippen LogP contribution is 2.23. The van der Waals surface area contributed by atoms with Crippen molar-refractivity contribution < 1.29 is 14.3 Å². The van der Waals surface area contributed by atoms with Crippen molar-refractivity contribution in [2.75, 3.05) is 6.61 Å². The minimum Gasteiger partial charge on any atom is -0.494 e. The maximum atomic E-state index is 11.2. The minimum atomic E-state index is -0.224. The molecule has 1 atom stereocenters. The minimum absolute atomic E-state index is 0.0491. The molecule has 1 fully saturated rings. The third-order valence-corrected chi connectivity index (χ3v) is 3.50. The number of esters is 1. The second-order valence-electron chi connectivity index (χ2n) is 5.35. The van der Waals surface area contributed by atoms with Gasteiger partial charge in [-0.05, 0) is 44.7 Å². The monoisotopic (exact) mass is 274 g/mol. The molecule has 0 amide bonds. The van der Waals surface area contributed by atoms with E-state index in [0.29, 0.717) is 12.0 Å². The number of ether oxygens (including phenoxy) is 2. The van der Waals surface area contributed by atoms with E-state index in [-0.39, 0.29) is 12.1 Å². The van der Waals surface area contributed by atoms with Gasteiger partial charge in [0, 0.05) is 12.0 Å². The lowest BCUT2D eigenvalue weighted by Crippen LogP contribution is -2.06. The first-order valence-electron chi connectivity index (χ1n) is 7.23. The van der Waals surface area contributed by atoms with Crippen LogP contribution in [0.1, 0.15) is 37.7 Å². The molecule has 0 saturated carbocycles. The van der Waals surface area contributed by atoms with E-state index in [1.165, 1.54) is 5.56 Å². The Morgan fingerprint density at radius 1 is 1.25 bits per heavy atom. The summed E-state index contributed by atoms with van der Waals surface area (Å²) in [4.78, 5) is 11.2. The van der Waals surface area contributed by atoms with E-state index in [1.807, 2.05) is 12.1 Å². The number of carbonyl (C=O) groups excluding carboxylic acids is 1. The number of cyclic esters (lactones) is 1. The van der Waals surface area contributed by atoms with Crippen LogP contribution >= 0.6 is 0 Å². The standard InChI is InChI=1S/C17H22O3/c1-13-7-9-15(10-8-13)19-11-5-3-4-6-16-12-14(2)17(18)20-16/h7-10,16H,2-6,11-12H2,1H3. The Bertz CT molecular complexity index is 446. The predicted octanol–water partition coefficient (Wildman–Crippen LogP) is 3.81. The van der Waals surface area contributed by atoms with Crippen LogP contribution in [0.4, 0.5) is 0 Å². The summed E-state index contributed by atoms with van der Waals surface area (Å²) in [6.07, 6.45) is 4.84. The summed E-state index contributed by atoms with van der Waals surface area (Å²) >= 11 is 0. The van der Waals surface area contributed by atoms with Gasteiger partial charge in [0.05, 0.1) is 6.61 Å². The molecule has 1 aliphatic heterocycles. The molecular weight excluding hydrogens is 252 g/mol. The average molecular weight is 274 g/mol. The summed E-state index contributed by atoms with van der Waals surface area (Å²) in [7, 11) is 0. The molecule has 1 aromatic carbocycles. The van der Waals surface area contributed by atoms with Crippen LogP contribution in [-0.2, 0) is 9.53 Å². The van der Waals surface area contributed by atoms with Crippen molar-refractivity contribution in [1.29, 1.82) is 0 Å². The van der Waals surface area contributed by atoms with Crippen molar-refractivity contribution in [3.05, 3.63) is 42.0 Å². The van der Waals surface area contributed by atoms with Gasteiger partial charge in [-0.2, -0.15) is 0 Å².